The van der Waals surface area contributed by atoms with Gasteiger partial charge >= 0.3 is 0 Å². The Morgan fingerprint density at radius 1 is 1.29 bits per heavy atom. The number of pyridine rings is 1. The van der Waals surface area contributed by atoms with Crippen LogP contribution in [-0.4, -0.2) is 4.57 Å². The first-order chi connectivity index (χ1) is 8.04. The van der Waals surface area contributed by atoms with E-state index in [0.717, 1.165) is 4.47 Å². The van der Waals surface area contributed by atoms with Gasteiger partial charge < -0.3 is 10.3 Å². The summed E-state index contributed by atoms with van der Waals surface area (Å²) in [6.07, 6.45) is 1.66. The molecule has 0 fully saturated rings. The molecule has 0 unspecified atom stereocenters. The number of nitrogens with two attached hydrogens (primary N) is 1. The fourth-order valence-corrected chi connectivity index (χ4v) is 1.97. The summed E-state index contributed by atoms with van der Waals surface area (Å²) in [6, 6.07) is 7.37. The minimum absolute atomic E-state index is 0.143. The molecule has 1 heterocycles. The first kappa shape index (κ1) is 11.9. The highest BCUT2D eigenvalue weighted by atomic mass is 79.9. The van der Waals surface area contributed by atoms with Crippen LogP contribution in [0.3, 0.4) is 0 Å². The highest BCUT2D eigenvalue weighted by Gasteiger charge is 2.02. The van der Waals surface area contributed by atoms with Gasteiger partial charge in [-0.25, -0.2) is 4.39 Å². The van der Waals surface area contributed by atoms with Crippen LogP contribution in [0.2, 0.25) is 0 Å². The predicted octanol–water partition coefficient (Wildman–Crippen LogP) is 2.38. The van der Waals surface area contributed by atoms with Crippen LogP contribution < -0.4 is 11.3 Å². The highest BCUT2D eigenvalue weighted by Crippen LogP contribution is 2.12. The quantitative estimate of drug-likeness (QED) is 0.865. The molecule has 3 nitrogen and oxygen atoms in total. The maximum Gasteiger partial charge on any atom is 0.250 e. The zero-order valence-corrected chi connectivity index (χ0v) is 10.4. The van der Waals surface area contributed by atoms with Crippen molar-refractivity contribution in [2.45, 2.75) is 6.54 Å². The second-order valence-corrected chi connectivity index (χ2v) is 4.62. The Balaban J connectivity index is 2.37. The number of nitrogen functional groups attached to an aromatic ring is 1. The van der Waals surface area contributed by atoms with Gasteiger partial charge in [-0.2, -0.15) is 0 Å². The van der Waals surface area contributed by atoms with Gasteiger partial charge in [0.2, 0.25) is 0 Å². The Morgan fingerprint density at radius 2 is 2.06 bits per heavy atom. The molecule has 0 radical (unpaired) electrons. The fourth-order valence-electron chi connectivity index (χ4n) is 1.59. The van der Waals surface area contributed by atoms with Gasteiger partial charge in [-0.05, 0) is 45.8 Å². The summed E-state index contributed by atoms with van der Waals surface area (Å²) >= 11 is 3.28. The van der Waals surface area contributed by atoms with E-state index in [9.17, 15) is 9.18 Å². The van der Waals surface area contributed by atoms with Crippen LogP contribution in [0, 0.1) is 5.82 Å². The lowest BCUT2D eigenvalue weighted by Crippen LogP contribution is -2.18. The Kier molecular flexibility index (Phi) is 3.28. The van der Waals surface area contributed by atoms with Crippen molar-refractivity contribution in [2.24, 2.45) is 0 Å². The lowest BCUT2D eigenvalue weighted by molar-refractivity contribution is 0.623. The van der Waals surface area contributed by atoms with Crippen molar-refractivity contribution in [1.29, 1.82) is 0 Å². The summed E-state index contributed by atoms with van der Waals surface area (Å²) in [5.74, 6) is -0.400. The van der Waals surface area contributed by atoms with E-state index >= 15 is 0 Å². The third kappa shape index (κ3) is 2.94. The smallest absolute Gasteiger partial charge is 0.250 e. The summed E-state index contributed by atoms with van der Waals surface area (Å²) in [4.78, 5) is 11.6. The van der Waals surface area contributed by atoms with Gasteiger partial charge in [0.05, 0.1) is 6.54 Å². The zero-order chi connectivity index (χ0) is 12.4. The topological polar surface area (TPSA) is 48.0 Å². The molecule has 2 N–H and O–H groups in total. The van der Waals surface area contributed by atoms with Crippen LogP contribution in [0.5, 0.6) is 0 Å². The second-order valence-electron chi connectivity index (χ2n) is 3.71. The van der Waals surface area contributed by atoms with Crippen molar-refractivity contribution in [3.8, 4) is 0 Å². The standard InChI is InChI=1S/C12H10BrFN2O/c13-9-1-2-12(17)16(7-9)6-8-3-10(14)5-11(15)4-8/h1-5,7H,6,15H2. The Bertz CT molecular complexity index is 589. The van der Waals surface area contributed by atoms with Crippen LogP contribution in [0.25, 0.3) is 0 Å². The van der Waals surface area contributed by atoms with Crippen LogP contribution in [0.1, 0.15) is 5.56 Å². The average Bonchev–Trinajstić information content (AvgIpc) is 2.22. The van der Waals surface area contributed by atoms with E-state index in [1.807, 2.05) is 0 Å². The van der Waals surface area contributed by atoms with Crippen molar-refractivity contribution >= 4 is 21.6 Å². The maximum absolute atomic E-state index is 13.1. The van der Waals surface area contributed by atoms with Gasteiger partial charge in [0, 0.05) is 22.4 Å². The Morgan fingerprint density at radius 3 is 2.76 bits per heavy atom. The van der Waals surface area contributed by atoms with Crippen molar-refractivity contribution < 1.29 is 4.39 Å². The van der Waals surface area contributed by atoms with E-state index in [1.165, 1.54) is 22.8 Å². The average molecular weight is 297 g/mol. The molecule has 1 aromatic heterocycles. The van der Waals surface area contributed by atoms with Crippen molar-refractivity contribution in [1.82, 2.24) is 4.57 Å². The number of rotatable bonds is 2. The van der Waals surface area contributed by atoms with Crippen molar-refractivity contribution in [3.05, 3.63) is 62.7 Å². The van der Waals surface area contributed by atoms with Crippen molar-refractivity contribution in [3.63, 3.8) is 0 Å². The molecule has 2 aromatic rings. The number of hydrogen-bond acceptors (Lipinski definition) is 2. The number of halogens is 2. The van der Waals surface area contributed by atoms with E-state index in [4.69, 9.17) is 5.73 Å². The van der Waals surface area contributed by atoms with Gasteiger partial charge in [0.25, 0.3) is 5.56 Å². The molecule has 0 aliphatic rings. The van der Waals surface area contributed by atoms with E-state index < -0.39 is 5.82 Å². The van der Waals surface area contributed by atoms with Crippen LogP contribution in [0.15, 0.2) is 45.8 Å². The van der Waals surface area contributed by atoms with Gasteiger partial charge in [-0.1, -0.05) is 0 Å². The molecule has 0 aliphatic carbocycles. The number of aromatic nitrogens is 1. The van der Waals surface area contributed by atoms with E-state index in [1.54, 1.807) is 18.3 Å². The molecule has 0 saturated carbocycles. The molecule has 0 saturated heterocycles. The number of hydrogen-bond donors (Lipinski definition) is 1. The molecule has 0 aliphatic heterocycles. The van der Waals surface area contributed by atoms with E-state index in [-0.39, 0.29) is 5.56 Å². The van der Waals surface area contributed by atoms with Gasteiger partial charge in [-0.3, -0.25) is 4.79 Å². The summed E-state index contributed by atoms with van der Waals surface area (Å²) in [7, 11) is 0. The Labute approximate surface area is 106 Å². The molecule has 1 aromatic carbocycles. The van der Waals surface area contributed by atoms with Crippen LogP contribution >= 0.6 is 15.9 Å². The largest absolute Gasteiger partial charge is 0.399 e. The molecule has 2 rings (SSSR count). The number of benzene rings is 1. The van der Waals surface area contributed by atoms with E-state index in [2.05, 4.69) is 15.9 Å². The third-order valence-corrected chi connectivity index (χ3v) is 2.75. The molecule has 88 valence electrons. The fraction of sp³-hybridized carbons (Fsp3) is 0.0833. The van der Waals surface area contributed by atoms with Gasteiger partial charge in [-0.15, -0.1) is 0 Å². The summed E-state index contributed by atoms with van der Waals surface area (Å²) in [5.41, 5.74) is 6.41. The molecular weight excluding hydrogens is 287 g/mol. The Hall–Kier alpha value is -1.62. The highest BCUT2D eigenvalue weighted by molar-refractivity contribution is 9.10. The molecule has 0 spiro atoms. The van der Waals surface area contributed by atoms with Crippen molar-refractivity contribution in [2.75, 3.05) is 5.73 Å². The summed E-state index contributed by atoms with van der Waals surface area (Å²) < 4.78 is 15.4. The number of anilines is 1. The summed E-state index contributed by atoms with van der Waals surface area (Å²) in [5, 5.41) is 0. The van der Waals surface area contributed by atoms with Crippen LogP contribution in [-0.2, 0) is 6.54 Å². The predicted molar refractivity (Wildman–Crippen MR) is 68.3 cm³/mol. The maximum atomic E-state index is 13.1. The van der Waals surface area contributed by atoms with Gasteiger partial charge in [0.15, 0.2) is 0 Å². The minimum Gasteiger partial charge on any atom is -0.399 e. The first-order valence-electron chi connectivity index (χ1n) is 4.95. The first-order valence-corrected chi connectivity index (χ1v) is 5.75. The summed E-state index contributed by atoms with van der Waals surface area (Å²) in [6.45, 7) is 0.292. The molecular formula is C12H10BrFN2O. The molecule has 17 heavy (non-hydrogen) atoms. The molecule has 0 amide bonds. The molecule has 0 atom stereocenters. The minimum atomic E-state index is -0.400. The van der Waals surface area contributed by atoms with E-state index in [0.29, 0.717) is 17.8 Å². The monoisotopic (exact) mass is 296 g/mol. The number of nitrogens with zero attached hydrogens (tertiary/aromatic N) is 1. The lowest BCUT2D eigenvalue weighted by atomic mass is 10.2. The normalized spacial score (nSPS) is 10.5. The molecule has 0 bridgehead atoms. The third-order valence-electron chi connectivity index (χ3n) is 2.28. The molecule has 5 heteroatoms. The second kappa shape index (κ2) is 4.71. The zero-order valence-electron chi connectivity index (χ0n) is 8.86. The SMILES string of the molecule is Nc1cc(F)cc(Cn2cc(Br)ccc2=O)c1. The van der Waals surface area contributed by atoms with Crippen LogP contribution in [0.4, 0.5) is 10.1 Å². The van der Waals surface area contributed by atoms with Gasteiger partial charge in [0.1, 0.15) is 5.82 Å². The lowest BCUT2D eigenvalue weighted by Gasteiger charge is -2.07.